The molecule has 0 aliphatic heterocycles. The third kappa shape index (κ3) is 275. The van der Waals surface area contributed by atoms with Gasteiger partial charge in [0.1, 0.15) is 0 Å². The van der Waals surface area contributed by atoms with Crippen molar-refractivity contribution in [2.45, 2.75) is 0 Å². The first kappa shape index (κ1) is 36.0. The number of hydrogen-bond acceptors (Lipinski definition) is 6. The molecule has 10 nitrogen and oxygen atoms in total. The van der Waals surface area contributed by atoms with E-state index in [0.29, 0.717) is 0 Å². The summed E-state index contributed by atoms with van der Waals surface area (Å²) in [6, 6.07) is 0. The molecule has 0 spiro atoms. The van der Waals surface area contributed by atoms with Crippen molar-refractivity contribution in [2.24, 2.45) is 0 Å². The fourth-order valence-electron chi connectivity index (χ4n) is 0. The van der Waals surface area contributed by atoms with Crippen LogP contribution in [0.5, 0.6) is 0 Å². The Morgan fingerprint density at radius 2 is 0.714 bits per heavy atom. The summed E-state index contributed by atoms with van der Waals surface area (Å²) in [5, 5.41) is 0. The maximum atomic E-state index is 8.66. The minimum absolute atomic E-state index is 0. The van der Waals surface area contributed by atoms with Gasteiger partial charge in [0, 0.05) is 0 Å². The molecule has 14 heteroatoms. The zero-order valence-electron chi connectivity index (χ0n) is 8.24. The van der Waals surface area contributed by atoms with Crippen molar-refractivity contribution in [3.63, 3.8) is 0 Å². The van der Waals surface area contributed by atoms with Crippen molar-refractivity contribution in [1.29, 1.82) is 0 Å². The molecule has 0 aromatic rings. The van der Waals surface area contributed by atoms with Gasteiger partial charge in [0.05, 0.1) is 15.6 Å². The predicted molar refractivity (Wildman–Crippen MR) is 31.6 cm³/mol. The molecule has 0 heterocycles. The van der Waals surface area contributed by atoms with Gasteiger partial charge < -0.3 is 50.8 Å². The minimum Gasteiger partial charge on any atom is -0.790 e. The van der Waals surface area contributed by atoms with Crippen LogP contribution >= 0.6 is 15.6 Å². The van der Waals surface area contributed by atoms with Crippen molar-refractivity contribution in [3.8, 4) is 0 Å². The van der Waals surface area contributed by atoms with Crippen LogP contribution in [0.2, 0.25) is 0 Å². The summed E-state index contributed by atoms with van der Waals surface area (Å²) in [7, 11) is -10.3. The summed E-state index contributed by atoms with van der Waals surface area (Å²) in [6.07, 6.45) is 0. The molecular weight excluding hydrogens is 296 g/mol. The smallest absolute Gasteiger partial charge is 0.790 e. The third-order valence-electron chi connectivity index (χ3n) is 0. The molecule has 0 unspecified atom stereocenters. The molecule has 0 aliphatic rings. The molecule has 0 aromatic heterocycles. The van der Waals surface area contributed by atoms with Crippen LogP contribution in [-0.4, -0.2) is 9.79 Å². The topological polar surface area (TPSA) is 240 Å². The van der Waals surface area contributed by atoms with Crippen LogP contribution in [0.4, 0.5) is 0 Å². The van der Waals surface area contributed by atoms with Gasteiger partial charge in [0.25, 0.3) is 0 Å². The Kier molecular flexibility index (Phi) is 42.2. The van der Waals surface area contributed by atoms with E-state index in [0.717, 1.165) is 0 Å². The minimum atomic E-state index is -5.14. The zero-order valence-corrected chi connectivity index (χ0v) is 16.3. The second-order valence-electron chi connectivity index (χ2n) is 0.937. The van der Waals surface area contributed by atoms with Gasteiger partial charge in [-0.15, -0.1) is 0 Å². The van der Waals surface area contributed by atoms with Crippen LogP contribution in [-0.2, 0) is 9.13 Å². The molecule has 0 bridgehead atoms. The Labute approximate surface area is 165 Å². The van der Waals surface area contributed by atoms with Crippen LogP contribution in [0, 0.1) is 0 Å². The van der Waals surface area contributed by atoms with Crippen LogP contribution < -0.4 is 135 Å². The Morgan fingerprint density at radius 1 is 0.714 bits per heavy atom. The van der Waals surface area contributed by atoms with Gasteiger partial charge >= 0.3 is 103 Å². The molecule has 0 aliphatic carbocycles. The number of quaternary nitrogens is 2. The Hall–Kier alpha value is 3.41. The molecular formula is H10K2N2O8P2. The number of rotatable bonds is 0. The molecule has 0 aromatic carbocycles. The normalized spacial score (nSPS) is 8.43. The quantitative estimate of drug-likeness (QED) is 0.246. The molecule has 0 fully saturated rings. The standard InChI is InChI=1S/2K.2H3N.2H3O4P/c;;;;2*1-5(2,3)4/h;;2*1H3;2*(H3,1,2,3,4)/q2*+1;;;;/p-2. The summed E-state index contributed by atoms with van der Waals surface area (Å²) in [5.41, 5.74) is 0. The monoisotopic (exact) mass is 306 g/mol. The van der Waals surface area contributed by atoms with Crippen molar-refractivity contribution in [2.75, 3.05) is 0 Å². The van der Waals surface area contributed by atoms with E-state index in [-0.39, 0.29) is 115 Å². The maximum absolute atomic E-state index is 8.66. The zero-order chi connectivity index (χ0) is 9.00. The van der Waals surface area contributed by atoms with Crippen LogP contribution in [0.3, 0.4) is 0 Å². The van der Waals surface area contributed by atoms with Gasteiger partial charge in [-0.05, 0) is 0 Å². The van der Waals surface area contributed by atoms with Crippen LogP contribution in [0.15, 0.2) is 0 Å². The molecule has 0 saturated carbocycles. The molecule has 0 rings (SSSR count). The van der Waals surface area contributed by atoms with Gasteiger partial charge in [0.15, 0.2) is 0 Å². The first-order valence-corrected chi connectivity index (χ1v) is 4.49. The van der Waals surface area contributed by atoms with E-state index >= 15 is 0 Å². The van der Waals surface area contributed by atoms with Gasteiger partial charge in [-0.25, -0.2) is 0 Å². The van der Waals surface area contributed by atoms with Crippen molar-refractivity contribution in [3.05, 3.63) is 0 Å². The van der Waals surface area contributed by atoms with Gasteiger partial charge in [-0.1, -0.05) is 0 Å². The summed E-state index contributed by atoms with van der Waals surface area (Å²) < 4.78 is 17.3. The summed E-state index contributed by atoms with van der Waals surface area (Å²) >= 11 is 0. The summed E-state index contributed by atoms with van der Waals surface area (Å²) in [4.78, 5) is 48.6. The fraction of sp³-hybridized carbons (Fsp3) is 0. The summed E-state index contributed by atoms with van der Waals surface area (Å²) in [6.45, 7) is 0. The van der Waals surface area contributed by atoms with E-state index in [2.05, 4.69) is 0 Å². The molecule has 80 valence electrons. The van der Waals surface area contributed by atoms with Crippen molar-refractivity contribution >= 4 is 15.6 Å². The molecule has 0 radical (unpaired) electrons. The van der Waals surface area contributed by atoms with Gasteiger partial charge in [0.2, 0.25) is 0 Å². The number of hydrogen-bond donors (Lipinski definition) is 4. The Bertz CT molecular complexity index is 136. The maximum Gasteiger partial charge on any atom is 1.00 e. The molecule has 0 amide bonds. The second-order valence-corrected chi connectivity index (χ2v) is 2.81. The molecule has 14 heavy (non-hydrogen) atoms. The van der Waals surface area contributed by atoms with Gasteiger partial charge in [-0.2, -0.15) is 0 Å². The van der Waals surface area contributed by atoms with E-state index in [4.69, 9.17) is 38.5 Å². The van der Waals surface area contributed by atoms with Gasteiger partial charge in [-0.3, -0.25) is 0 Å². The van der Waals surface area contributed by atoms with E-state index in [1.165, 1.54) is 0 Å². The SMILES string of the molecule is O=P([O-])([O-])O.O=P([O-])([O-])O.[K+].[K+].[NH4+].[NH4+]. The Balaban J connectivity index is -0.0000000178. The second kappa shape index (κ2) is 16.4. The van der Waals surface area contributed by atoms with Crippen LogP contribution in [0.25, 0.3) is 0 Å². The predicted octanol–water partition coefficient (Wildman–Crippen LogP) is -9.62. The van der Waals surface area contributed by atoms with E-state index < -0.39 is 15.6 Å². The molecule has 10 N–H and O–H groups in total. The molecule has 0 atom stereocenters. The first-order valence-electron chi connectivity index (χ1n) is 1.50. The average Bonchev–Trinajstić information content (AvgIpc) is 1.12. The third-order valence-corrected chi connectivity index (χ3v) is 0. The summed E-state index contributed by atoms with van der Waals surface area (Å²) in [5.74, 6) is 0. The van der Waals surface area contributed by atoms with E-state index in [1.807, 2.05) is 0 Å². The van der Waals surface area contributed by atoms with Crippen LogP contribution in [0.1, 0.15) is 0 Å². The largest absolute Gasteiger partial charge is 1.00 e. The first-order chi connectivity index (χ1) is 4.00. The Morgan fingerprint density at radius 3 is 0.714 bits per heavy atom. The average molecular weight is 306 g/mol. The van der Waals surface area contributed by atoms with E-state index in [1.54, 1.807) is 0 Å². The van der Waals surface area contributed by atoms with E-state index in [9.17, 15) is 0 Å². The number of phosphoric acid groups is 2. The van der Waals surface area contributed by atoms with Crippen molar-refractivity contribution < 1.29 is 141 Å². The fourth-order valence-corrected chi connectivity index (χ4v) is 0. The molecule has 0 saturated heterocycles. The van der Waals surface area contributed by atoms with Crippen molar-refractivity contribution in [1.82, 2.24) is 12.3 Å².